The summed E-state index contributed by atoms with van der Waals surface area (Å²) in [6.07, 6.45) is 1.07. The van der Waals surface area contributed by atoms with Crippen LogP contribution in [0.4, 0.5) is 0 Å². The molecule has 0 aromatic heterocycles. The minimum absolute atomic E-state index is 0.160. The first-order valence-electron chi connectivity index (χ1n) is 5.71. The van der Waals surface area contributed by atoms with Gasteiger partial charge in [-0.1, -0.05) is 34.6 Å². The monoisotopic (exact) mass is 218 g/mol. The summed E-state index contributed by atoms with van der Waals surface area (Å²) in [5.74, 6) is 0. The molecule has 0 aliphatic rings. The summed E-state index contributed by atoms with van der Waals surface area (Å²) >= 11 is 0. The lowest BCUT2D eigenvalue weighted by atomic mass is 10.2. The van der Waals surface area contributed by atoms with E-state index in [0.717, 1.165) is 25.7 Å². The van der Waals surface area contributed by atoms with E-state index in [-0.39, 0.29) is 5.04 Å². The summed E-state index contributed by atoms with van der Waals surface area (Å²) in [5.41, 5.74) is 0. The van der Waals surface area contributed by atoms with Crippen molar-refractivity contribution in [1.82, 2.24) is 0 Å². The van der Waals surface area contributed by atoms with Crippen molar-refractivity contribution in [2.45, 2.75) is 59.0 Å². The molecule has 0 aromatic rings. The van der Waals surface area contributed by atoms with Gasteiger partial charge in [0.25, 0.3) is 0 Å². The average Bonchev–Trinajstić information content (AvgIpc) is 2.10. The van der Waals surface area contributed by atoms with E-state index < -0.39 is 8.56 Å². The Hall–Kier alpha value is 0.137. The van der Waals surface area contributed by atoms with E-state index in [4.69, 9.17) is 8.85 Å². The second-order valence-electron chi connectivity index (χ2n) is 4.64. The molecule has 1 atom stereocenters. The molecule has 0 fully saturated rings. The fraction of sp³-hybridized carbons (Fsp3) is 1.00. The van der Waals surface area contributed by atoms with E-state index in [0.29, 0.717) is 0 Å². The highest BCUT2D eigenvalue weighted by Crippen LogP contribution is 2.40. The molecule has 0 bridgehead atoms. The zero-order valence-corrected chi connectivity index (χ0v) is 11.6. The topological polar surface area (TPSA) is 18.5 Å². The molecule has 0 saturated carbocycles. The van der Waals surface area contributed by atoms with Crippen molar-refractivity contribution in [3.05, 3.63) is 0 Å². The van der Waals surface area contributed by atoms with Crippen LogP contribution in [0.5, 0.6) is 0 Å². The molecule has 0 spiro atoms. The molecular weight excluding hydrogens is 192 g/mol. The predicted molar refractivity (Wildman–Crippen MR) is 63.8 cm³/mol. The molecule has 86 valence electrons. The molecule has 0 aliphatic heterocycles. The Labute approximate surface area is 90.2 Å². The first-order chi connectivity index (χ1) is 6.43. The van der Waals surface area contributed by atoms with E-state index in [1.165, 1.54) is 0 Å². The van der Waals surface area contributed by atoms with Gasteiger partial charge >= 0.3 is 8.56 Å². The van der Waals surface area contributed by atoms with Crippen molar-refractivity contribution < 1.29 is 8.85 Å². The van der Waals surface area contributed by atoms with E-state index >= 15 is 0 Å². The van der Waals surface area contributed by atoms with E-state index in [2.05, 4.69) is 41.5 Å². The van der Waals surface area contributed by atoms with Gasteiger partial charge in [0.05, 0.1) is 0 Å². The molecular formula is C11H26O2Si. The molecule has 0 saturated heterocycles. The highest BCUT2D eigenvalue weighted by Gasteiger charge is 2.47. The summed E-state index contributed by atoms with van der Waals surface area (Å²) in [6, 6.07) is 1.03. The molecule has 0 rings (SSSR count). The maximum absolute atomic E-state index is 6.05. The Morgan fingerprint density at radius 1 is 1.00 bits per heavy atom. The summed E-state index contributed by atoms with van der Waals surface area (Å²) < 4.78 is 12.0. The van der Waals surface area contributed by atoms with Crippen LogP contribution in [-0.4, -0.2) is 21.8 Å². The van der Waals surface area contributed by atoms with Gasteiger partial charge in [-0.2, -0.15) is 0 Å². The summed E-state index contributed by atoms with van der Waals surface area (Å²) in [5, 5.41) is 0.160. The third-order valence-corrected chi connectivity index (χ3v) is 7.17. The third-order valence-electron chi connectivity index (χ3n) is 2.52. The molecule has 0 aliphatic carbocycles. The van der Waals surface area contributed by atoms with Gasteiger partial charge in [0, 0.05) is 18.3 Å². The van der Waals surface area contributed by atoms with Crippen LogP contribution in [0.25, 0.3) is 0 Å². The zero-order valence-electron chi connectivity index (χ0n) is 10.6. The first kappa shape index (κ1) is 14.1. The number of hydrogen-bond donors (Lipinski definition) is 0. The van der Waals surface area contributed by atoms with Gasteiger partial charge in [-0.15, -0.1) is 0 Å². The number of rotatable bonds is 6. The fourth-order valence-electron chi connectivity index (χ4n) is 1.71. The van der Waals surface area contributed by atoms with Gasteiger partial charge in [0.1, 0.15) is 0 Å². The minimum atomic E-state index is -1.99. The zero-order chi connectivity index (χ0) is 11.2. The molecule has 0 aromatic carbocycles. The van der Waals surface area contributed by atoms with E-state index in [1.807, 2.05) is 0 Å². The maximum Gasteiger partial charge on any atom is 0.343 e. The van der Waals surface area contributed by atoms with Gasteiger partial charge in [-0.25, -0.2) is 0 Å². The SMILES string of the molecule is CCCO[Si](CC)(OCC)C(C)(C)C. The van der Waals surface area contributed by atoms with Crippen LogP contribution in [0.3, 0.4) is 0 Å². The molecule has 0 N–H and O–H groups in total. The van der Waals surface area contributed by atoms with Crippen LogP contribution < -0.4 is 0 Å². The average molecular weight is 218 g/mol. The third kappa shape index (κ3) is 3.37. The van der Waals surface area contributed by atoms with Gasteiger partial charge in [-0.3, -0.25) is 0 Å². The molecule has 0 heterocycles. The van der Waals surface area contributed by atoms with Crippen molar-refractivity contribution in [1.29, 1.82) is 0 Å². The van der Waals surface area contributed by atoms with Crippen LogP contribution >= 0.6 is 0 Å². The molecule has 1 unspecified atom stereocenters. The van der Waals surface area contributed by atoms with Crippen LogP contribution in [-0.2, 0) is 8.85 Å². The lowest BCUT2D eigenvalue weighted by Crippen LogP contribution is -2.50. The molecule has 2 nitrogen and oxygen atoms in total. The quantitative estimate of drug-likeness (QED) is 0.633. The Morgan fingerprint density at radius 3 is 1.86 bits per heavy atom. The second-order valence-corrected chi connectivity index (χ2v) is 8.93. The van der Waals surface area contributed by atoms with Gasteiger partial charge < -0.3 is 8.85 Å². The molecule has 14 heavy (non-hydrogen) atoms. The standard InChI is InChI=1S/C11H26O2Si/c1-7-10-13-14(9-3,12-8-2)11(4,5)6/h7-10H2,1-6H3. The highest BCUT2D eigenvalue weighted by molar-refractivity contribution is 6.70. The van der Waals surface area contributed by atoms with Crippen molar-refractivity contribution in [3.8, 4) is 0 Å². The lowest BCUT2D eigenvalue weighted by molar-refractivity contribution is 0.154. The molecule has 0 radical (unpaired) electrons. The summed E-state index contributed by atoms with van der Waals surface area (Å²) in [7, 11) is -1.99. The lowest BCUT2D eigenvalue weighted by Gasteiger charge is -2.40. The van der Waals surface area contributed by atoms with Gasteiger partial charge in [0.2, 0.25) is 0 Å². The Bertz CT molecular complexity index is 154. The summed E-state index contributed by atoms with van der Waals surface area (Å²) in [6.45, 7) is 14.7. The van der Waals surface area contributed by atoms with Gasteiger partial charge in [0.15, 0.2) is 0 Å². The minimum Gasteiger partial charge on any atom is -0.394 e. The van der Waals surface area contributed by atoms with Crippen molar-refractivity contribution in [2.24, 2.45) is 0 Å². The van der Waals surface area contributed by atoms with Crippen molar-refractivity contribution >= 4 is 8.56 Å². The second kappa shape index (κ2) is 5.88. The molecule has 0 amide bonds. The van der Waals surface area contributed by atoms with Crippen LogP contribution in [0, 0.1) is 0 Å². The maximum atomic E-state index is 6.05. The van der Waals surface area contributed by atoms with Crippen molar-refractivity contribution in [2.75, 3.05) is 13.2 Å². The van der Waals surface area contributed by atoms with Crippen LogP contribution in [0.1, 0.15) is 48.0 Å². The Kier molecular flexibility index (Phi) is 5.94. The van der Waals surface area contributed by atoms with E-state index in [1.54, 1.807) is 0 Å². The van der Waals surface area contributed by atoms with Crippen LogP contribution in [0.15, 0.2) is 0 Å². The smallest absolute Gasteiger partial charge is 0.343 e. The largest absolute Gasteiger partial charge is 0.394 e. The number of hydrogen-bond acceptors (Lipinski definition) is 2. The highest BCUT2D eigenvalue weighted by atomic mass is 28.4. The first-order valence-corrected chi connectivity index (χ1v) is 7.73. The predicted octanol–water partition coefficient (Wildman–Crippen LogP) is 3.71. The van der Waals surface area contributed by atoms with Crippen LogP contribution in [0.2, 0.25) is 11.1 Å². The van der Waals surface area contributed by atoms with Gasteiger partial charge in [-0.05, 0) is 19.4 Å². The van der Waals surface area contributed by atoms with E-state index in [9.17, 15) is 0 Å². The normalized spacial score (nSPS) is 16.7. The molecule has 3 heteroatoms. The van der Waals surface area contributed by atoms with Crippen molar-refractivity contribution in [3.63, 3.8) is 0 Å². The Balaban J connectivity index is 4.60. The fourth-order valence-corrected chi connectivity index (χ4v) is 5.13. The Morgan fingerprint density at radius 2 is 1.57 bits per heavy atom. The summed E-state index contributed by atoms with van der Waals surface area (Å²) in [4.78, 5) is 0.